The molecule has 0 spiro atoms. The average Bonchev–Trinajstić information content (AvgIpc) is 3.43. The minimum atomic E-state index is 0.742. The summed E-state index contributed by atoms with van der Waals surface area (Å²) in [7, 11) is 0. The van der Waals surface area contributed by atoms with Gasteiger partial charge in [0.05, 0.1) is 22.4 Å². The molecule has 5 aromatic rings. The van der Waals surface area contributed by atoms with Gasteiger partial charge in [-0.1, -0.05) is 30.3 Å². The fraction of sp³-hybridized carbons (Fsp3) is 0.0370. The molecule has 0 amide bonds. The third-order valence-electron chi connectivity index (χ3n) is 5.94. The van der Waals surface area contributed by atoms with E-state index in [1.54, 1.807) is 0 Å². The van der Waals surface area contributed by atoms with E-state index < -0.39 is 0 Å². The number of anilines is 2. The van der Waals surface area contributed by atoms with Gasteiger partial charge < -0.3 is 16.5 Å². The Morgan fingerprint density at radius 1 is 0.656 bits per heavy atom. The molecule has 154 valence electrons. The largest absolute Gasteiger partial charge is 0.399 e. The van der Waals surface area contributed by atoms with Crippen molar-refractivity contribution in [1.29, 1.82) is 0 Å². The van der Waals surface area contributed by atoms with E-state index in [0.717, 1.165) is 68.3 Å². The van der Waals surface area contributed by atoms with Gasteiger partial charge in [0, 0.05) is 23.4 Å². The van der Waals surface area contributed by atoms with Crippen LogP contribution in [0.4, 0.5) is 17.1 Å². The standard InChI is InChI=1S/C27H21N5/c28-21-8-3-16(4-9-21)24-15-20-2-1-18(13-25(20)30-24)19-7-12-23-26(14-19)32-27(31-23)17-5-10-22(29)11-6-17/h1-14H,15,28-29H2,(H,31,32). The van der Waals surface area contributed by atoms with Crippen molar-refractivity contribution in [3.8, 4) is 22.5 Å². The van der Waals surface area contributed by atoms with Crippen LogP contribution in [0.2, 0.25) is 0 Å². The summed E-state index contributed by atoms with van der Waals surface area (Å²) in [6.45, 7) is 0. The number of nitrogens with two attached hydrogens (primary N) is 2. The fourth-order valence-corrected chi connectivity index (χ4v) is 4.17. The van der Waals surface area contributed by atoms with E-state index in [4.69, 9.17) is 21.4 Å². The quantitative estimate of drug-likeness (QED) is 0.328. The number of hydrogen-bond acceptors (Lipinski definition) is 4. The van der Waals surface area contributed by atoms with Gasteiger partial charge in [0.15, 0.2) is 0 Å². The highest BCUT2D eigenvalue weighted by Gasteiger charge is 2.17. The van der Waals surface area contributed by atoms with Gasteiger partial charge in [0.2, 0.25) is 0 Å². The lowest BCUT2D eigenvalue weighted by Crippen LogP contribution is -2.00. The number of aliphatic imine (C=N–C) groups is 1. The molecule has 0 fully saturated rings. The second kappa shape index (κ2) is 7.10. The summed E-state index contributed by atoms with van der Waals surface area (Å²) in [4.78, 5) is 13.1. The van der Waals surface area contributed by atoms with Crippen molar-refractivity contribution in [2.75, 3.05) is 11.5 Å². The summed E-state index contributed by atoms with van der Waals surface area (Å²) >= 11 is 0. The normalized spacial score (nSPS) is 12.7. The van der Waals surface area contributed by atoms with E-state index in [0.29, 0.717) is 0 Å². The fourth-order valence-electron chi connectivity index (χ4n) is 4.17. The van der Waals surface area contributed by atoms with Crippen molar-refractivity contribution in [2.24, 2.45) is 4.99 Å². The second-order valence-corrected chi connectivity index (χ2v) is 8.14. The molecule has 6 rings (SSSR count). The van der Waals surface area contributed by atoms with Crippen molar-refractivity contribution < 1.29 is 0 Å². The number of nitrogen functional groups attached to an aromatic ring is 2. The summed E-state index contributed by atoms with van der Waals surface area (Å²) in [5.74, 6) is 0.837. The molecule has 1 aliphatic heterocycles. The topological polar surface area (TPSA) is 93.1 Å². The molecular weight excluding hydrogens is 394 g/mol. The molecule has 0 saturated heterocycles. The maximum absolute atomic E-state index is 5.82. The lowest BCUT2D eigenvalue weighted by atomic mass is 10.00. The molecule has 32 heavy (non-hydrogen) atoms. The smallest absolute Gasteiger partial charge is 0.138 e. The highest BCUT2D eigenvalue weighted by Crippen LogP contribution is 2.34. The molecule has 5 N–H and O–H groups in total. The van der Waals surface area contributed by atoms with E-state index in [1.165, 1.54) is 5.56 Å². The SMILES string of the molecule is Nc1ccc(C2=Nc3cc(-c4ccc5nc(-c6ccc(N)cc6)[nH]c5c4)ccc3C2)cc1. The van der Waals surface area contributed by atoms with E-state index in [1.807, 2.05) is 48.5 Å². The van der Waals surface area contributed by atoms with E-state index in [9.17, 15) is 0 Å². The average molecular weight is 416 g/mol. The Hall–Kier alpha value is -4.38. The van der Waals surface area contributed by atoms with Gasteiger partial charge in [-0.15, -0.1) is 0 Å². The number of H-pyrrole nitrogens is 1. The molecule has 0 aliphatic carbocycles. The minimum Gasteiger partial charge on any atom is -0.399 e. The molecule has 4 aromatic carbocycles. The summed E-state index contributed by atoms with van der Waals surface area (Å²) in [5, 5.41) is 0. The maximum atomic E-state index is 5.82. The van der Waals surface area contributed by atoms with Crippen LogP contribution >= 0.6 is 0 Å². The van der Waals surface area contributed by atoms with Gasteiger partial charge in [-0.05, 0) is 76.9 Å². The number of nitrogens with one attached hydrogen (secondary N) is 1. The summed E-state index contributed by atoms with van der Waals surface area (Å²) in [5.41, 5.74) is 22.8. The number of benzene rings is 4. The highest BCUT2D eigenvalue weighted by molar-refractivity contribution is 6.07. The summed E-state index contributed by atoms with van der Waals surface area (Å²) in [6, 6.07) is 28.4. The van der Waals surface area contributed by atoms with E-state index >= 15 is 0 Å². The number of fused-ring (bicyclic) bond motifs is 2. The molecule has 0 saturated carbocycles. The Balaban J connectivity index is 1.34. The summed E-state index contributed by atoms with van der Waals surface area (Å²) < 4.78 is 0. The first-order valence-corrected chi connectivity index (χ1v) is 10.5. The van der Waals surface area contributed by atoms with Crippen LogP contribution in [0.3, 0.4) is 0 Å². The molecule has 1 aromatic heterocycles. The number of imidazole rings is 1. The minimum absolute atomic E-state index is 0.742. The lowest BCUT2D eigenvalue weighted by Gasteiger charge is -2.04. The molecule has 2 heterocycles. The predicted molar refractivity (Wildman–Crippen MR) is 132 cm³/mol. The van der Waals surface area contributed by atoms with Crippen LogP contribution < -0.4 is 11.5 Å². The van der Waals surface area contributed by atoms with Crippen molar-refractivity contribution in [2.45, 2.75) is 6.42 Å². The second-order valence-electron chi connectivity index (χ2n) is 8.14. The van der Waals surface area contributed by atoms with Gasteiger partial charge in [-0.25, -0.2) is 4.98 Å². The zero-order valence-electron chi connectivity index (χ0n) is 17.3. The van der Waals surface area contributed by atoms with Gasteiger partial charge >= 0.3 is 0 Å². The number of aromatic nitrogens is 2. The first-order valence-electron chi connectivity index (χ1n) is 10.5. The number of hydrogen-bond donors (Lipinski definition) is 3. The number of rotatable bonds is 3. The first kappa shape index (κ1) is 18.4. The summed E-state index contributed by atoms with van der Waals surface area (Å²) in [6.07, 6.45) is 0.837. The van der Waals surface area contributed by atoms with Crippen LogP contribution in [-0.4, -0.2) is 15.7 Å². The van der Waals surface area contributed by atoms with Crippen molar-refractivity contribution in [3.05, 3.63) is 96.1 Å². The first-order chi connectivity index (χ1) is 15.6. The monoisotopic (exact) mass is 415 g/mol. The van der Waals surface area contributed by atoms with Gasteiger partial charge in [0.1, 0.15) is 5.82 Å². The Bertz CT molecular complexity index is 1490. The third-order valence-corrected chi connectivity index (χ3v) is 5.94. The molecule has 0 unspecified atom stereocenters. The Kier molecular flexibility index (Phi) is 4.08. The Morgan fingerprint density at radius 3 is 2.03 bits per heavy atom. The maximum Gasteiger partial charge on any atom is 0.138 e. The van der Waals surface area contributed by atoms with Crippen LogP contribution in [-0.2, 0) is 6.42 Å². The van der Waals surface area contributed by atoms with Gasteiger partial charge in [0.25, 0.3) is 0 Å². The van der Waals surface area contributed by atoms with Crippen LogP contribution in [0, 0.1) is 0 Å². The molecule has 0 bridgehead atoms. The lowest BCUT2D eigenvalue weighted by molar-refractivity contribution is 1.34. The van der Waals surface area contributed by atoms with Crippen molar-refractivity contribution in [3.63, 3.8) is 0 Å². The van der Waals surface area contributed by atoms with Crippen LogP contribution in [0.5, 0.6) is 0 Å². The van der Waals surface area contributed by atoms with E-state index in [2.05, 4.69) is 41.4 Å². The Labute approximate surface area is 185 Å². The highest BCUT2D eigenvalue weighted by atomic mass is 14.9. The Morgan fingerprint density at radius 2 is 1.28 bits per heavy atom. The molecule has 5 nitrogen and oxygen atoms in total. The van der Waals surface area contributed by atoms with Crippen molar-refractivity contribution in [1.82, 2.24) is 9.97 Å². The van der Waals surface area contributed by atoms with Crippen LogP contribution in [0.25, 0.3) is 33.5 Å². The molecular formula is C27H21N5. The zero-order chi connectivity index (χ0) is 21.7. The molecule has 0 radical (unpaired) electrons. The predicted octanol–water partition coefficient (Wildman–Crippen LogP) is 5.74. The van der Waals surface area contributed by atoms with Crippen molar-refractivity contribution >= 4 is 33.8 Å². The molecule has 5 heteroatoms. The molecule has 0 atom stereocenters. The van der Waals surface area contributed by atoms with Crippen LogP contribution in [0.15, 0.2) is 89.9 Å². The van der Waals surface area contributed by atoms with Crippen LogP contribution in [0.1, 0.15) is 11.1 Å². The number of nitrogens with zero attached hydrogens (tertiary/aromatic N) is 2. The van der Waals surface area contributed by atoms with Gasteiger partial charge in [-0.3, -0.25) is 4.99 Å². The van der Waals surface area contributed by atoms with E-state index in [-0.39, 0.29) is 0 Å². The number of aromatic amines is 1. The van der Waals surface area contributed by atoms with Gasteiger partial charge in [-0.2, -0.15) is 0 Å². The molecule has 1 aliphatic rings. The zero-order valence-corrected chi connectivity index (χ0v) is 17.3. The third kappa shape index (κ3) is 3.20.